The first-order valence-electron chi connectivity index (χ1n) is 10.1. The Labute approximate surface area is 187 Å². The van der Waals surface area contributed by atoms with Crippen molar-refractivity contribution >= 4 is 41.3 Å². The summed E-state index contributed by atoms with van der Waals surface area (Å²) in [6, 6.07) is 35.0. The molecule has 0 atom stereocenters. The van der Waals surface area contributed by atoms with Crippen LogP contribution in [-0.4, -0.2) is 5.65 Å². The van der Waals surface area contributed by atoms with Gasteiger partial charge in [-0.3, -0.25) is 14.8 Å². The van der Waals surface area contributed by atoms with E-state index in [0.717, 1.165) is 0 Å². The fourth-order valence-electron chi connectivity index (χ4n) is 3.42. The molecule has 0 aliphatic heterocycles. The molecule has 0 fully saturated rings. The summed E-state index contributed by atoms with van der Waals surface area (Å²) in [7, 11) is -7.15. The van der Waals surface area contributed by atoms with Gasteiger partial charge >= 0.3 is 5.65 Å². The minimum atomic E-state index is -3.72. The second-order valence-electron chi connectivity index (χ2n) is 7.10. The van der Waals surface area contributed by atoms with E-state index in [9.17, 15) is 13.9 Å². The molecule has 0 aliphatic rings. The average Bonchev–Trinajstić information content (AvgIpc) is 2.88. The zero-order chi connectivity index (χ0) is 22.4. The molecule has 4 aromatic rings. The van der Waals surface area contributed by atoms with Crippen LogP contribution in [0.4, 0.5) is 4.79 Å². The van der Waals surface area contributed by atoms with E-state index in [2.05, 4.69) is 10.6 Å². The number of benzene rings is 4. The molecule has 0 saturated carbocycles. The highest BCUT2D eigenvalue weighted by molar-refractivity contribution is 7.93. The minimum Gasteiger partial charge on any atom is -0.303 e. The van der Waals surface area contributed by atoms with E-state index >= 15 is 0 Å². The Kier molecular flexibility index (Phi) is 6.53. The fraction of sp³-hybridized carbons (Fsp3) is 0. The van der Waals surface area contributed by atoms with Crippen LogP contribution in [0.15, 0.2) is 121 Å². The maximum atomic E-state index is 14.2. The Balaban J connectivity index is 1.72. The molecule has 7 heteroatoms. The molecule has 5 nitrogen and oxygen atoms in total. The molecule has 0 heterocycles. The Morgan fingerprint density at radius 3 is 1.16 bits per heavy atom. The van der Waals surface area contributed by atoms with Gasteiger partial charge in [-0.2, -0.15) is 5.20 Å². The van der Waals surface area contributed by atoms with E-state index in [1.54, 1.807) is 109 Å². The summed E-state index contributed by atoms with van der Waals surface area (Å²) in [5.74, 6) is 0. The van der Waals surface area contributed by atoms with Crippen molar-refractivity contribution in [3.63, 3.8) is 0 Å². The number of rotatable bonds is 7. The lowest BCUT2D eigenvalue weighted by atomic mass is 10.4. The van der Waals surface area contributed by atoms with Crippen LogP contribution < -0.4 is 31.8 Å². The van der Waals surface area contributed by atoms with Gasteiger partial charge in [-0.1, -0.05) is 97.1 Å². The predicted molar refractivity (Wildman–Crippen MR) is 131 cm³/mol. The summed E-state index contributed by atoms with van der Waals surface area (Å²) in [5, 5.41) is 4.62. The van der Waals surface area contributed by atoms with Gasteiger partial charge in [-0.25, -0.2) is 0 Å². The van der Waals surface area contributed by atoms with Crippen LogP contribution >= 0.6 is 14.4 Å². The van der Waals surface area contributed by atoms with Crippen molar-refractivity contribution in [2.75, 3.05) is 0 Å². The van der Waals surface area contributed by atoms with Crippen molar-refractivity contribution in [1.29, 1.82) is 0 Å². The molecular weight excluding hydrogens is 438 g/mol. The van der Waals surface area contributed by atoms with Crippen LogP contribution in [0.2, 0.25) is 0 Å². The molecule has 32 heavy (non-hydrogen) atoms. The normalized spacial score (nSPS) is 11.6. The molecule has 0 bridgehead atoms. The molecule has 4 aromatic carbocycles. The van der Waals surface area contributed by atoms with Crippen LogP contribution in [0.5, 0.6) is 0 Å². The smallest absolute Gasteiger partial charge is 0.301 e. The van der Waals surface area contributed by atoms with E-state index in [-0.39, 0.29) is 0 Å². The van der Waals surface area contributed by atoms with Crippen molar-refractivity contribution in [3.8, 4) is 0 Å². The maximum Gasteiger partial charge on any atom is 0.301 e. The summed E-state index contributed by atoms with van der Waals surface area (Å²) < 4.78 is 28.3. The van der Waals surface area contributed by atoms with Crippen LogP contribution in [0.3, 0.4) is 0 Å². The SMILES string of the molecule is O=C(NNP(=O)(c1ccccc1)c1ccccc1)P(=O)(c1ccccc1)c1ccccc1. The number of carbonyl (C=O) groups is 1. The Hall–Kier alpha value is -3.23. The molecule has 0 spiro atoms. The van der Waals surface area contributed by atoms with Gasteiger partial charge in [0, 0.05) is 21.2 Å². The van der Waals surface area contributed by atoms with E-state index < -0.39 is 20.1 Å². The third kappa shape index (κ3) is 4.24. The molecule has 0 unspecified atom stereocenters. The summed E-state index contributed by atoms with van der Waals surface area (Å²) >= 11 is 0. The average molecular weight is 460 g/mol. The molecule has 0 radical (unpaired) electrons. The second kappa shape index (κ2) is 9.50. The third-order valence-electron chi connectivity index (χ3n) is 5.09. The van der Waals surface area contributed by atoms with Crippen molar-refractivity contribution in [2.24, 2.45) is 0 Å². The number of hydrogen-bond donors (Lipinski definition) is 2. The molecule has 1 amide bonds. The lowest BCUT2D eigenvalue weighted by Gasteiger charge is -2.24. The highest BCUT2D eigenvalue weighted by atomic mass is 31.2. The number of amides is 1. The summed E-state index contributed by atoms with van der Waals surface area (Å²) in [6.45, 7) is 0. The van der Waals surface area contributed by atoms with Gasteiger partial charge < -0.3 is 4.57 Å². The third-order valence-corrected chi connectivity index (χ3v) is 10.3. The van der Waals surface area contributed by atoms with Crippen molar-refractivity contribution < 1.29 is 13.9 Å². The second-order valence-corrected chi connectivity index (χ2v) is 12.2. The molecule has 0 aromatic heterocycles. The molecule has 0 aliphatic carbocycles. The van der Waals surface area contributed by atoms with Crippen molar-refractivity contribution in [3.05, 3.63) is 121 Å². The van der Waals surface area contributed by atoms with Gasteiger partial charge in [-0.05, 0) is 24.3 Å². The molecule has 4 rings (SSSR count). The van der Waals surface area contributed by atoms with Crippen LogP contribution in [0.1, 0.15) is 0 Å². The van der Waals surface area contributed by atoms with E-state index in [4.69, 9.17) is 0 Å². The zero-order valence-corrected chi connectivity index (χ0v) is 19.0. The standard InChI is InChI=1S/C25H22N2O3P2/c28-25(31(29,21-13-5-1-6-14-21)22-15-7-2-8-16-22)26-27-32(30,23-17-9-3-10-18-23)24-19-11-4-12-20-24/h1-20H,(H,26,28)(H,27,30). The monoisotopic (exact) mass is 460 g/mol. The molecule has 160 valence electrons. The summed E-state index contributed by atoms with van der Waals surface area (Å²) in [6.07, 6.45) is 0. The number of hydrogen-bond acceptors (Lipinski definition) is 3. The first kappa shape index (κ1) is 22.0. The van der Waals surface area contributed by atoms with E-state index in [1.807, 2.05) is 12.1 Å². The minimum absolute atomic E-state index is 0.403. The number of nitrogens with one attached hydrogen (secondary N) is 2. The highest BCUT2D eigenvalue weighted by Gasteiger charge is 2.37. The molecule has 0 saturated heterocycles. The lowest BCUT2D eigenvalue weighted by molar-refractivity contribution is 0.257. The van der Waals surface area contributed by atoms with Crippen LogP contribution in [0.25, 0.3) is 0 Å². The van der Waals surface area contributed by atoms with E-state index in [1.165, 1.54) is 0 Å². The molecule has 2 N–H and O–H groups in total. The topological polar surface area (TPSA) is 75.3 Å². The van der Waals surface area contributed by atoms with Crippen LogP contribution in [-0.2, 0) is 9.13 Å². The summed E-state index contributed by atoms with van der Waals surface area (Å²) in [4.78, 5) is 13.4. The van der Waals surface area contributed by atoms with Gasteiger partial charge in [0.05, 0.1) is 0 Å². The van der Waals surface area contributed by atoms with Gasteiger partial charge in [0.2, 0.25) is 14.4 Å². The van der Waals surface area contributed by atoms with Crippen LogP contribution in [0, 0.1) is 0 Å². The maximum absolute atomic E-state index is 14.2. The number of carbonyl (C=O) groups excluding carboxylic acids is 1. The first-order chi connectivity index (χ1) is 15.5. The van der Waals surface area contributed by atoms with Crippen molar-refractivity contribution in [1.82, 2.24) is 10.6 Å². The predicted octanol–water partition coefficient (Wildman–Crippen LogP) is 4.14. The number of hydrazine groups is 1. The van der Waals surface area contributed by atoms with Crippen molar-refractivity contribution in [2.45, 2.75) is 0 Å². The Bertz CT molecular complexity index is 1200. The Morgan fingerprint density at radius 2 is 0.812 bits per heavy atom. The van der Waals surface area contributed by atoms with Gasteiger partial charge in [0.1, 0.15) is 0 Å². The summed E-state index contributed by atoms with van der Waals surface area (Å²) in [5.41, 5.74) is 1.81. The zero-order valence-electron chi connectivity index (χ0n) is 17.2. The highest BCUT2D eigenvalue weighted by Crippen LogP contribution is 2.45. The first-order valence-corrected chi connectivity index (χ1v) is 13.5. The van der Waals surface area contributed by atoms with Gasteiger partial charge in [0.15, 0.2) is 0 Å². The Morgan fingerprint density at radius 1 is 0.500 bits per heavy atom. The molecular formula is C25H22N2O3P2. The van der Waals surface area contributed by atoms with E-state index in [0.29, 0.717) is 21.2 Å². The van der Waals surface area contributed by atoms with Gasteiger partial charge in [-0.15, -0.1) is 0 Å². The largest absolute Gasteiger partial charge is 0.303 e. The fourth-order valence-corrected chi connectivity index (χ4v) is 7.67. The van der Waals surface area contributed by atoms with Gasteiger partial charge in [0.25, 0.3) is 0 Å². The lowest BCUT2D eigenvalue weighted by Crippen LogP contribution is -2.42. The quantitative estimate of drug-likeness (QED) is 0.321.